The molecule has 2 aliphatic rings. The van der Waals surface area contributed by atoms with Gasteiger partial charge in [0.1, 0.15) is 11.9 Å². The van der Waals surface area contributed by atoms with Gasteiger partial charge < -0.3 is 16.0 Å². The molecular formula is C28H27ClF4N4O3. The maximum absolute atomic E-state index is 14.4. The number of carbonyl (C=O) groups is 3. The van der Waals surface area contributed by atoms with Crippen molar-refractivity contribution in [2.24, 2.45) is 23.5 Å². The number of fused-ring (bicyclic) bond motifs is 1. The summed E-state index contributed by atoms with van der Waals surface area (Å²) in [5.41, 5.74) is 6.63. The first-order valence-electron chi connectivity index (χ1n) is 12.8. The van der Waals surface area contributed by atoms with Gasteiger partial charge >= 0.3 is 6.18 Å². The lowest BCUT2D eigenvalue weighted by atomic mass is 9.83. The number of amides is 2. The lowest BCUT2D eigenvalue weighted by Crippen LogP contribution is -2.51. The van der Waals surface area contributed by atoms with E-state index in [1.54, 1.807) is 18.2 Å². The molecule has 0 spiro atoms. The summed E-state index contributed by atoms with van der Waals surface area (Å²) in [6.45, 7) is -0.220. The van der Waals surface area contributed by atoms with Crippen LogP contribution in [0.4, 0.5) is 28.9 Å². The molecule has 2 aromatic rings. The molecule has 212 valence electrons. The largest absolute Gasteiger partial charge is 0.389 e. The summed E-state index contributed by atoms with van der Waals surface area (Å²) in [6, 6.07) is 9.09. The van der Waals surface area contributed by atoms with Gasteiger partial charge in [-0.3, -0.25) is 14.4 Å². The molecule has 2 aromatic carbocycles. The van der Waals surface area contributed by atoms with Crippen LogP contribution in [0.3, 0.4) is 0 Å². The van der Waals surface area contributed by atoms with Crippen molar-refractivity contribution in [2.75, 3.05) is 11.4 Å². The number of hydrogen-bond acceptors (Lipinski definition) is 5. The summed E-state index contributed by atoms with van der Waals surface area (Å²) in [7, 11) is 0. The van der Waals surface area contributed by atoms with Gasteiger partial charge in [0.25, 0.3) is 0 Å². The molecular weight excluding hydrogens is 552 g/mol. The number of Topliss-reactive ketones (excluding diaryl/α,β-unsaturated/α-hetero) is 1. The fourth-order valence-electron chi connectivity index (χ4n) is 5.12. The highest BCUT2D eigenvalue weighted by Crippen LogP contribution is 2.40. The molecule has 40 heavy (non-hydrogen) atoms. The summed E-state index contributed by atoms with van der Waals surface area (Å²) < 4.78 is 53.8. The number of carbonyl (C=O) groups excluding carboxylic acids is 3. The van der Waals surface area contributed by atoms with Crippen LogP contribution in [0.1, 0.15) is 43.2 Å². The summed E-state index contributed by atoms with van der Waals surface area (Å²) >= 11 is 6.39. The van der Waals surface area contributed by atoms with E-state index in [4.69, 9.17) is 17.3 Å². The van der Waals surface area contributed by atoms with Crippen molar-refractivity contribution in [2.45, 2.75) is 50.7 Å². The van der Waals surface area contributed by atoms with Gasteiger partial charge in [-0.1, -0.05) is 30.5 Å². The molecule has 0 aromatic heterocycles. The third-order valence-electron chi connectivity index (χ3n) is 7.34. The summed E-state index contributed by atoms with van der Waals surface area (Å²) in [5.74, 6) is -5.35. The second-order valence-electron chi connectivity index (χ2n) is 10.3. The number of nitrogens with zero attached hydrogens (tertiary/aromatic N) is 2. The first kappa shape index (κ1) is 29.3. The highest BCUT2D eigenvalue weighted by atomic mass is 35.5. The summed E-state index contributed by atoms with van der Waals surface area (Å²) in [4.78, 5) is 40.6. The van der Waals surface area contributed by atoms with Gasteiger partial charge in [-0.05, 0) is 49.1 Å². The molecule has 1 heterocycles. The quantitative estimate of drug-likeness (QED) is 0.408. The van der Waals surface area contributed by atoms with E-state index >= 15 is 0 Å². The topological polar surface area (TPSA) is 116 Å². The van der Waals surface area contributed by atoms with E-state index in [1.165, 1.54) is 11.0 Å². The minimum atomic E-state index is -4.57. The normalized spacial score (nSPS) is 18.8. The zero-order valence-electron chi connectivity index (χ0n) is 21.3. The van der Waals surface area contributed by atoms with Crippen LogP contribution in [0.2, 0.25) is 5.02 Å². The van der Waals surface area contributed by atoms with Crippen LogP contribution in [-0.4, -0.2) is 36.4 Å². The lowest BCUT2D eigenvalue weighted by molar-refractivity contribution is -0.146. The minimum absolute atomic E-state index is 0.0197. The van der Waals surface area contributed by atoms with Crippen molar-refractivity contribution in [1.29, 1.82) is 5.26 Å². The highest BCUT2D eigenvalue weighted by Gasteiger charge is 2.41. The first-order valence-corrected chi connectivity index (χ1v) is 13.2. The van der Waals surface area contributed by atoms with Gasteiger partial charge in [-0.2, -0.15) is 18.4 Å². The van der Waals surface area contributed by atoms with E-state index in [0.717, 1.165) is 25.0 Å². The third-order valence-corrected chi connectivity index (χ3v) is 7.69. The predicted molar refractivity (Wildman–Crippen MR) is 139 cm³/mol. The number of primary amides is 1. The molecule has 0 bridgehead atoms. The van der Waals surface area contributed by atoms with Crippen LogP contribution in [-0.2, 0) is 20.8 Å². The second-order valence-corrected chi connectivity index (χ2v) is 10.7. The average Bonchev–Trinajstić information content (AvgIpc) is 3.71. The Morgan fingerprint density at radius 2 is 1.93 bits per heavy atom. The molecule has 12 heteroatoms. The number of anilines is 2. The summed E-state index contributed by atoms with van der Waals surface area (Å²) in [6.07, 6.45) is -4.96. The molecule has 3 N–H and O–H groups in total. The molecule has 4 rings (SSSR count). The fourth-order valence-corrected chi connectivity index (χ4v) is 5.36. The molecule has 7 nitrogen and oxygen atoms in total. The van der Waals surface area contributed by atoms with Gasteiger partial charge in [-0.25, -0.2) is 4.39 Å². The van der Waals surface area contributed by atoms with Crippen molar-refractivity contribution in [3.05, 3.63) is 58.4 Å². The first-order chi connectivity index (χ1) is 18.9. The highest BCUT2D eigenvalue weighted by molar-refractivity contribution is 6.32. The zero-order chi connectivity index (χ0) is 29.2. The Bertz CT molecular complexity index is 1360. The van der Waals surface area contributed by atoms with Gasteiger partial charge in [0, 0.05) is 46.6 Å². The Morgan fingerprint density at radius 1 is 1.20 bits per heavy atom. The Labute approximate surface area is 233 Å². The number of benzene rings is 2. The van der Waals surface area contributed by atoms with E-state index in [-0.39, 0.29) is 41.6 Å². The Balaban J connectivity index is 1.68. The number of nitrogens with one attached hydrogen (secondary N) is 1. The number of halogens is 5. The molecule has 0 radical (unpaired) electrons. The number of rotatable bonds is 9. The zero-order valence-corrected chi connectivity index (χ0v) is 22.1. The van der Waals surface area contributed by atoms with Crippen molar-refractivity contribution >= 4 is 40.6 Å². The van der Waals surface area contributed by atoms with E-state index in [9.17, 15) is 37.2 Å². The van der Waals surface area contributed by atoms with Crippen molar-refractivity contribution in [3.63, 3.8) is 0 Å². The van der Waals surface area contributed by atoms with E-state index < -0.39 is 60.3 Å². The van der Waals surface area contributed by atoms with Gasteiger partial charge in [0.05, 0.1) is 18.2 Å². The van der Waals surface area contributed by atoms with Gasteiger partial charge in [-0.15, -0.1) is 0 Å². The summed E-state index contributed by atoms with van der Waals surface area (Å²) in [5, 5.41) is 12.2. The van der Waals surface area contributed by atoms with Gasteiger partial charge in [0.15, 0.2) is 5.78 Å². The Morgan fingerprint density at radius 3 is 2.55 bits per heavy atom. The number of nitriles is 1. The molecule has 1 aliphatic carbocycles. The number of hydrogen-bond donors (Lipinski definition) is 2. The predicted octanol–water partition coefficient (Wildman–Crippen LogP) is 4.96. The Kier molecular flexibility index (Phi) is 8.68. The molecule has 1 saturated carbocycles. The second kappa shape index (κ2) is 11.8. The SMILES string of the molecule is N#Cc1cc(F)cc(N2C[C@H](NC(=O)[C@H](CCC(F)(F)F)[C@H](CC3CC3)C(N)=O)C(=O)Cc3c(Cl)cccc32)c1. The standard InChI is InChI=1S/C28H27ClF4N4O3/c29-22-2-1-3-24-21(22)12-25(38)23(14-37(24)18-9-16(13-34)8-17(30)11-18)36-27(40)19(6-7-28(31,32)33)20(26(35)39)10-15-4-5-15/h1-3,8-9,11,15,19-20,23H,4-7,10,12,14H2,(H2,35,39)(H,36,40)/t19-,20+,23+/m1/s1. The lowest BCUT2D eigenvalue weighted by Gasteiger charge is -2.30. The monoisotopic (exact) mass is 578 g/mol. The minimum Gasteiger partial charge on any atom is -0.369 e. The van der Waals surface area contributed by atoms with E-state index in [2.05, 4.69) is 5.32 Å². The molecule has 0 saturated heterocycles. The van der Waals surface area contributed by atoms with Crippen LogP contribution >= 0.6 is 11.6 Å². The molecule has 1 aliphatic heterocycles. The maximum atomic E-state index is 14.4. The third kappa shape index (κ3) is 7.10. The van der Waals surface area contributed by atoms with E-state index in [0.29, 0.717) is 11.3 Å². The van der Waals surface area contributed by atoms with Crippen LogP contribution in [0.25, 0.3) is 0 Å². The van der Waals surface area contributed by atoms with Gasteiger partial charge in [0.2, 0.25) is 11.8 Å². The van der Waals surface area contributed by atoms with Crippen LogP contribution < -0.4 is 16.0 Å². The number of alkyl halides is 3. The molecule has 3 atom stereocenters. The number of nitrogens with two attached hydrogens (primary N) is 1. The van der Waals surface area contributed by atoms with Crippen molar-refractivity contribution < 1.29 is 31.9 Å². The van der Waals surface area contributed by atoms with Crippen molar-refractivity contribution in [3.8, 4) is 6.07 Å². The number of ketones is 1. The molecule has 2 amide bonds. The smallest absolute Gasteiger partial charge is 0.369 e. The van der Waals surface area contributed by atoms with E-state index in [1.807, 2.05) is 6.07 Å². The van der Waals surface area contributed by atoms with Crippen LogP contribution in [0.15, 0.2) is 36.4 Å². The molecule has 0 unspecified atom stereocenters. The van der Waals surface area contributed by atoms with Crippen molar-refractivity contribution in [1.82, 2.24) is 5.32 Å². The maximum Gasteiger partial charge on any atom is 0.389 e. The fraction of sp³-hybridized carbons (Fsp3) is 0.429. The van der Waals surface area contributed by atoms with Crippen LogP contribution in [0, 0.1) is 34.9 Å². The Hall–Kier alpha value is -3.65. The molecule has 1 fully saturated rings. The van der Waals surface area contributed by atoms with Crippen LogP contribution in [0.5, 0.6) is 0 Å². The average molecular weight is 579 g/mol.